The highest BCUT2D eigenvalue weighted by atomic mass is 31.0. The minimum Gasteiger partial charge on any atom is -0.293 e. The highest BCUT2D eigenvalue weighted by Gasteiger charge is 2.71. The molecule has 0 amide bonds. The van der Waals surface area contributed by atoms with E-state index in [0.29, 0.717) is 40.3 Å². The lowest BCUT2D eigenvalue weighted by molar-refractivity contribution is -0.185. The Kier molecular flexibility index (Phi) is 4.93. The molecular formula is C30H44NOP. The first-order chi connectivity index (χ1) is 15.2. The van der Waals surface area contributed by atoms with Crippen LogP contribution in [0.3, 0.4) is 0 Å². The van der Waals surface area contributed by atoms with E-state index in [2.05, 4.69) is 75.9 Å². The third-order valence-electron chi connectivity index (χ3n) is 12.7. The van der Waals surface area contributed by atoms with Crippen molar-refractivity contribution in [3.63, 3.8) is 0 Å². The molecule has 5 aliphatic carbocycles. The standard InChI is InChI=1S/C30H44NOP/c1-25(2)12-13-26(3)10-9-21-20(22(26)15-25)8-11-29(6)27(21,4)17-24(33)28(5)16-23(32)19(18-31)14-30(28,29)7/h8,14,21-22,24H,9-13,15-17,33H2,1-7H3/t21?,22?,24-,26?,27?,28?,29-,30?/m0/s1. The molecule has 0 aromatic carbocycles. The first-order valence-corrected chi connectivity index (χ1v) is 13.9. The van der Waals surface area contributed by atoms with Gasteiger partial charge < -0.3 is 0 Å². The second-order valence-electron chi connectivity index (χ2n) is 14.5. The van der Waals surface area contributed by atoms with E-state index in [1.165, 1.54) is 32.1 Å². The molecule has 3 fully saturated rings. The number of fused-ring (bicyclic) bond motifs is 7. The number of carbonyl (C=O) groups is 1. The summed E-state index contributed by atoms with van der Waals surface area (Å²) in [5.74, 6) is 1.37. The van der Waals surface area contributed by atoms with E-state index in [4.69, 9.17) is 0 Å². The van der Waals surface area contributed by atoms with Crippen LogP contribution < -0.4 is 0 Å². The van der Waals surface area contributed by atoms with Gasteiger partial charge in [0.05, 0.1) is 5.57 Å². The summed E-state index contributed by atoms with van der Waals surface area (Å²) < 4.78 is 0. The fraction of sp³-hybridized carbons (Fsp3) is 0.800. The van der Waals surface area contributed by atoms with Crippen LogP contribution in [-0.4, -0.2) is 11.4 Å². The van der Waals surface area contributed by atoms with Gasteiger partial charge >= 0.3 is 0 Å². The lowest BCUT2D eigenvalue weighted by Gasteiger charge is -2.73. The summed E-state index contributed by atoms with van der Waals surface area (Å²) in [5, 5.41) is 9.80. The van der Waals surface area contributed by atoms with Gasteiger partial charge in [0.1, 0.15) is 6.07 Å². The highest BCUT2D eigenvalue weighted by molar-refractivity contribution is 7.17. The Morgan fingerprint density at radius 2 is 1.67 bits per heavy atom. The molecule has 9 atom stereocenters. The molecule has 0 N–H and O–H groups in total. The lowest BCUT2D eigenvalue weighted by Crippen LogP contribution is -2.68. The predicted molar refractivity (Wildman–Crippen MR) is 139 cm³/mol. The molecule has 0 heterocycles. The van der Waals surface area contributed by atoms with Crippen LogP contribution in [0.25, 0.3) is 0 Å². The topological polar surface area (TPSA) is 40.9 Å². The van der Waals surface area contributed by atoms with Gasteiger partial charge in [-0.25, -0.2) is 0 Å². The molecule has 0 aliphatic heterocycles. The van der Waals surface area contributed by atoms with Gasteiger partial charge in [-0.1, -0.05) is 66.2 Å². The third-order valence-corrected chi connectivity index (χ3v) is 13.7. The van der Waals surface area contributed by atoms with Crippen molar-refractivity contribution in [2.45, 2.75) is 105 Å². The van der Waals surface area contributed by atoms with Crippen molar-refractivity contribution in [2.24, 2.45) is 44.3 Å². The fourth-order valence-corrected chi connectivity index (χ4v) is 10.7. The van der Waals surface area contributed by atoms with Crippen molar-refractivity contribution >= 4 is 15.0 Å². The van der Waals surface area contributed by atoms with E-state index in [-0.39, 0.29) is 27.4 Å². The molecule has 0 bridgehead atoms. The zero-order valence-electron chi connectivity index (χ0n) is 22.0. The van der Waals surface area contributed by atoms with Gasteiger partial charge in [-0.3, -0.25) is 4.79 Å². The van der Waals surface area contributed by atoms with E-state index < -0.39 is 0 Å². The first-order valence-electron chi connectivity index (χ1n) is 13.3. The van der Waals surface area contributed by atoms with E-state index in [0.717, 1.165) is 12.8 Å². The number of nitriles is 1. The normalized spacial score (nSPS) is 52.8. The lowest BCUT2D eigenvalue weighted by atomic mass is 9.31. The Labute approximate surface area is 204 Å². The molecule has 0 saturated heterocycles. The minimum absolute atomic E-state index is 0.0245. The number of Topliss-reactive ketones (excluding diaryl/α,β-unsaturated/α-hetero) is 1. The van der Waals surface area contributed by atoms with Gasteiger partial charge in [-0.15, -0.1) is 9.24 Å². The van der Waals surface area contributed by atoms with Crippen LogP contribution in [-0.2, 0) is 4.79 Å². The molecule has 180 valence electrons. The zero-order chi connectivity index (χ0) is 24.2. The van der Waals surface area contributed by atoms with Crippen LogP contribution in [0.1, 0.15) is 99.8 Å². The minimum atomic E-state index is -0.187. The number of carbonyl (C=O) groups excluding carboxylic acids is 1. The fourth-order valence-electron chi connectivity index (χ4n) is 9.71. The van der Waals surface area contributed by atoms with Crippen molar-refractivity contribution < 1.29 is 4.79 Å². The van der Waals surface area contributed by atoms with Crippen LogP contribution in [0.15, 0.2) is 23.3 Å². The molecule has 5 rings (SSSR count). The Morgan fingerprint density at radius 1 is 0.970 bits per heavy atom. The van der Waals surface area contributed by atoms with E-state index in [1.54, 1.807) is 5.57 Å². The van der Waals surface area contributed by atoms with Crippen molar-refractivity contribution in [1.82, 2.24) is 0 Å². The average molecular weight is 466 g/mol. The summed E-state index contributed by atoms with van der Waals surface area (Å²) in [6.07, 6.45) is 14.2. The van der Waals surface area contributed by atoms with Crippen LogP contribution in [0.4, 0.5) is 0 Å². The van der Waals surface area contributed by atoms with Gasteiger partial charge in [0.15, 0.2) is 5.78 Å². The van der Waals surface area contributed by atoms with Gasteiger partial charge in [-0.2, -0.15) is 5.26 Å². The number of allylic oxidation sites excluding steroid dienone is 4. The summed E-state index contributed by atoms with van der Waals surface area (Å²) in [4.78, 5) is 12.9. The number of nitrogens with zero attached hydrogens (tertiary/aromatic N) is 1. The molecule has 3 heteroatoms. The Balaban J connectivity index is 1.67. The average Bonchev–Trinajstić information content (AvgIpc) is 2.73. The predicted octanol–water partition coefficient (Wildman–Crippen LogP) is 7.65. The SMILES string of the molecule is CC1(C)CCC2(C)CCC3C(=CC[C@@]4(C)C3(C)C[C@H](P)C3(C)CC(=O)C(C#N)=CC34C)C2C1. The third kappa shape index (κ3) is 2.79. The molecule has 0 spiro atoms. The number of rotatable bonds is 0. The highest BCUT2D eigenvalue weighted by Crippen LogP contribution is 2.77. The Bertz CT molecular complexity index is 1020. The number of ketones is 1. The van der Waals surface area contributed by atoms with Crippen molar-refractivity contribution in [1.29, 1.82) is 5.26 Å². The smallest absolute Gasteiger partial charge is 0.173 e. The molecule has 3 saturated carbocycles. The monoisotopic (exact) mass is 465 g/mol. The summed E-state index contributed by atoms with van der Waals surface area (Å²) >= 11 is 0. The molecular weight excluding hydrogens is 421 g/mol. The van der Waals surface area contributed by atoms with Crippen LogP contribution >= 0.6 is 9.24 Å². The van der Waals surface area contributed by atoms with Gasteiger partial charge in [0.25, 0.3) is 0 Å². The molecule has 0 aromatic rings. The maximum Gasteiger partial charge on any atom is 0.173 e. The second-order valence-corrected chi connectivity index (χ2v) is 15.3. The Morgan fingerprint density at radius 3 is 2.33 bits per heavy atom. The van der Waals surface area contributed by atoms with Crippen LogP contribution in [0.2, 0.25) is 0 Å². The maximum atomic E-state index is 12.9. The molecule has 0 radical (unpaired) electrons. The first kappa shape index (κ1) is 23.8. The van der Waals surface area contributed by atoms with Gasteiger partial charge in [-0.05, 0) is 94.9 Å². The quantitative estimate of drug-likeness (QED) is 0.272. The van der Waals surface area contributed by atoms with Crippen LogP contribution in [0.5, 0.6) is 0 Å². The summed E-state index contributed by atoms with van der Waals surface area (Å²) in [6, 6.07) is 2.27. The van der Waals surface area contributed by atoms with E-state index in [9.17, 15) is 10.1 Å². The van der Waals surface area contributed by atoms with Crippen molar-refractivity contribution in [3.8, 4) is 6.07 Å². The largest absolute Gasteiger partial charge is 0.293 e. The van der Waals surface area contributed by atoms with E-state index in [1.807, 2.05) is 0 Å². The van der Waals surface area contributed by atoms with Crippen molar-refractivity contribution in [3.05, 3.63) is 23.3 Å². The van der Waals surface area contributed by atoms with Crippen molar-refractivity contribution in [2.75, 3.05) is 0 Å². The van der Waals surface area contributed by atoms with Gasteiger partial charge in [0.2, 0.25) is 0 Å². The van der Waals surface area contributed by atoms with Gasteiger partial charge in [0, 0.05) is 6.42 Å². The summed E-state index contributed by atoms with van der Waals surface area (Å²) in [6.45, 7) is 17.3. The number of hydrogen-bond acceptors (Lipinski definition) is 2. The molecule has 7 unspecified atom stereocenters. The summed E-state index contributed by atoms with van der Waals surface area (Å²) in [5.41, 5.74) is 3.31. The molecule has 5 aliphatic rings. The number of hydrogen-bond donors (Lipinski definition) is 0. The maximum absolute atomic E-state index is 12.9. The second kappa shape index (κ2) is 6.84. The summed E-state index contributed by atoms with van der Waals surface area (Å²) in [7, 11) is 3.17. The zero-order valence-corrected chi connectivity index (χ0v) is 23.1. The Hall–Kier alpha value is -0.930. The molecule has 33 heavy (non-hydrogen) atoms. The van der Waals surface area contributed by atoms with E-state index >= 15 is 0 Å². The molecule has 0 aromatic heterocycles. The molecule has 2 nitrogen and oxygen atoms in total. The van der Waals surface area contributed by atoms with Crippen LogP contribution in [0, 0.1) is 55.7 Å².